The first-order chi connectivity index (χ1) is 12.7. The Morgan fingerprint density at radius 1 is 1.35 bits per heavy atom. The van der Waals surface area contributed by atoms with Gasteiger partial charge >= 0.3 is 5.97 Å². The molecule has 1 aromatic carbocycles. The molecule has 3 aliphatic rings. The smallest absolute Gasteiger partial charge is 0.337 e. The number of benzene rings is 1. The Kier molecular flexibility index (Phi) is 3.60. The molecule has 0 saturated carbocycles. The highest BCUT2D eigenvalue weighted by atomic mass is 16.5. The van der Waals surface area contributed by atoms with E-state index in [1.54, 1.807) is 6.26 Å². The minimum absolute atomic E-state index is 0.124. The maximum atomic E-state index is 12.3. The summed E-state index contributed by atoms with van der Waals surface area (Å²) in [5.41, 5.74) is 4.69. The molecule has 136 valence electrons. The zero-order valence-corrected chi connectivity index (χ0v) is 15.2. The maximum Gasteiger partial charge on any atom is 0.337 e. The van der Waals surface area contributed by atoms with Gasteiger partial charge in [0.25, 0.3) is 0 Å². The quantitative estimate of drug-likeness (QED) is 0.801. The fourth-order valence-electron chi connectivity index (χ4n) is 5.19. The van der Waals surface area contributed by atoms with Gasteiger partial charge in [-0.1, -0.05) is 18.2 Å². The molecule has 5 rings (SSSR count). The Morgan fingerprint density at radius 3 is 3.04 bits per heavy atom. The molecule has 1 saturated heterocycles. The average molecular weight is 352 g/mol. The van der Waals surface area contributed by atoms with Gasteiger partial charge in [-0.25, -0.2) is 4.79 Å². The number of carbonyl (C=O) groups is 1. The van der Waals surface area contributed by atoms with Crippen molar-refractivity contribution in [1.82, 2.24) is 9.88 Å². The first kappa shape index (κ1) is 15.9. The number of carbonyl (C=O) groups excluding carboxylic acids is 1. The van der Waals surface area contributed by atoms with E-state index in [1.165, 1.54) is 29.3 Å². The molecule has 4 heterocycles. The van der Waals surface area contributed by atoms with Gasteiger partial charge in [0.2, 0.25) is 0 Å². The number of hydrogen-bond acceptors (Lipinski definition) is 4. The normalized spacial score (nSPS) is 30.6. The largest absolute Gasteiger partial charge is 0.497 e. The predicted molar refractivity (Wildman–Crippen MR) is 98.6 cm³/mol. The van der Waals surface area contributed by atoms with Crippen molar-refractivity contribution in [3.8, 4) is 0 Å². The topological polar surface area (TPSA) is 54.6 Å². The summed E-state index contributed by atoms with van der Waals surface area (Å²) in [6.45, 7) is 4.13. The minimum atomic E-state index is -0.256. The first-order valence-electron chi connectivity index (χ1n) is 9.44. The van der Waals surface area contributed by atoms with Crippen molar-refractivity contribution >= 4 is 16.9 Å². The van der Waals surface area contributed by atoms with Gasteiger partial charge in [0.05, 0.1) is 31.1 Å². The summed E-state index contributed by atoms with van der Waals surface area (Å²) in [6, 6.07) is 8.88. The summed E-state index contributed by atoms with van der Waals surface area (Å²) < 4.78 is 10.8. The van der Waals surface area contributed by atoms with E-state index in [4.69, 9.17) is 9.47 Å². The van der Waals surface area contributed by atoms with Crippen molar-refractivity contribution in [2.24, 2.45) is 11.8 Å². The number of fused-ring (bicyclic) bond motifs is 6. The van der Waals surface area contributed by atoms with Crippen LogP contribution >= 0.6 is 0 Å². The highest BCUT2D eigenvalue weighted by Crippen LogP contribution is 2.47. The number of aromatic amines is 1. The molecule has 0 spiro atoms. The summed E-state index contributed by atoms with van der Waals surface area (Å²) in [5.74, 6) is 0.258. The fourth-order valence-corrected chi connectivity index (χ4v) is 5.19. The lowest BCUT2D eigenvalue weighted by Crippen LogP contribution is -2.51. The third kappa shape index (κ3) is 2.23. The standard InChI is InChI=1S/C21H24N2O3/c1-12-16-10-23-8-7-14-13-5-3-4-6-18(13)22-20(14)19(23)9-15(16)17(11-26-12)21(24)25-2/h3-6,11-12,15-16,19,22H,7-10H2,1-2H3/t12-,15+,16+,19+/m0/s1. The number of esters is 1. The van der Waals surface area contributed by atoms with Crippen molar-refractivity contribution < 1.29 is 14.3 Å². The number of hydrogen-bond donors (Lipinski definition) is 1. The van der Waals surface area contributed by atoms with Gasteiger partial charge in [-0.05, 0) is 31.4 Å². The van der Waals surface area contributed by atoms with Gasteiger partial charge in [0.15, 0.2) is 0 Å². The molecular weight excluding hydrogens is 328 g/mol. The Hall–Kier alpha value is -2.27. The van der Waals surface area contributed by atoms with Gasteiger partial charge in [0, 0.05) is 41.5 Å². The Labute approximate surface area is 153 Å². The molecule has 1 aromatic heterocycles. The van der Waals surface area contributed by atoms with Crippen LogP contribution in [0.4, 0.5) is 0 Å². The molecule has 0 amide bonds. The van der Waals surface area contributed by atoms with Crippen LogP contribution in [0.1, 0.15) is 30.6 Å². The second-order valence-electron chi connectivity index (χ2n) is 7.74. The molecular formula is C21H24N2O3. The van der Waals surface area contributed by atoms with E-state index in [0.29, 0.717) is 17.5 Å². The van der Waals surface area contributed by atoms with Crippen LogP contribution in [-0.4, -0.2) is 42.2 Å². The van der Waals surface area contributed by atoms with Gasteiger partial charge < -0.3 is 14.5 Å². The number of H-pyrrole nitrogens is 1. The van der Waals surface area contributed by atoms with Crippen LogP contribution in [0.3, 0.4) is 0 Å². The number of nitrogens with one attached hydrogen (secondary N) is 1. The number of rotatable bonds is 1. The third-order valence-corrected chi connectivity index (χ3v) is 6.54. The van der Waals surface area contributed by atoms with E-state index in [2.05, 4.69) is 41.1 Å². The van der Waals surface area contributed by atoms with Gasteiger partial charge in [-0.2, -0.15) is 0 Å². The highest BCUT2D eigenvalue weighted by molar-refractivity contribution is 5.89. The third-order valence-electron chi connectivity index (χ3n) is 6.54. The van der Waals surface area contributed by atoms with Crippen LogP contribution in [0.25, 0.3) is 10.9 Å². The SMILES string of the molecule is COC(=O)C1=CO[C@@H](C)[C@H]2CN3CCc4c([nH]c5ccccc45)[C@H]3C[C@@H]12. The van der Waals surface area contributed by atoms with Crippen molar-refractivity contribution in [2.45, 2.75) is 31.9 Å². The molecule has 0 unspecified atom stereocenters. The molecule has 26 heavy (non-hydrogen) atoms. The predicted octanol–water partition coefficient (Wildman–Crippen LogP) is 3.18. The summed E-state index contributed by atoms with van der Waals surface area (Å²) in [7, 11) is 1.45. The molecule has 4 atom stereocenters. The first-order valence-corrected chi connectivity index (χ1v) is 9.44. The molecule has 0 bridgehead atoms. The van der Waals surface area contributed by atoms with Crippen LogP contribution in [0.2, 0.25) is 0 Å². The summed E-state index contributed by atoms with van der Waals surface area (Å²) in [6.07, 6.45) is 3.77. The second kappa shape index (κ2) is 5.88. The molecule has 1 N–H and O–H groups in total. The maximum absolute atomic E-state index is 12.3. The van der Waals surface area contributed by atoms with Crippen molar-refractivity contribution in [3.63, 3.8) is 0 Å². The number of methoxy groups -OCH3 is 1. The van der Waals surface area contributed by atoms with Crippen LogP contribution < -0.4 is 0 Å². The lowest BCUT2D eigenvalue weighted by Gasteiger charge is -2.49. The lowest BCUT2D eigenvalue weighted by atomic mass is 9.72. The van der Waals surface area contributed by atoms with Crippen molar-refractivity contribution in [2.75, 3.05) is 20.2 Å². The van der Waals surface area contributed by atoms with Gasteiger partial charge in [0.1, 0.15) is 0 Å². The number of ether oxygens (including phenoxy) is 2. The Bertz CT molecular complexity index is 900. The summed E-state index contributed by atoms with van der Waals surface area (Å²) in [5, 5.41) is 1.34. The lowest BCUT2D eigenvalue weighted by molar-refractivity contribution is -0.139. The van der Waals surface area contributed by atoms with E-state index in [1.807, 2.05) is 0 Å². The molecule has 3 aliphatic heterocycles. The van der Waals surface area contributed by atoms with Crippen LogP contribution in [-0.2, 0) is 20.7 Å². The van der Waals surface area contributed by atoms with Crippen molar-refractivity contribution in [3.05, 3.63) is 47.4 Å². The molecule has 5 heteroatoms. The monoisotopic (exact) mass is 352 g/mol. The second-order valence-corrected chi connectivity index (χ2v) is 7.74. The van der Waals surface area contributed by atoms with Gasteiger partial charge in [-0.3, -0.25) is 4.90 Å². The van der Waals surface area contributed by atoms with Crippen LogP contribution in [0.15, 0.2) is 36.1 Å². The molecule has 0 aliphatic carbocycles. The van der Waals surface area contributed by atoms with E-state index in [9.17, 15) is 4.79 Å². The van der Waals surface area contributed by atoms with Gasteiger partial charge in [-0.15, -0.1) is 0 Å². The average Bonchev–Trinajstić information content (AvgIpc) is 3.06. The molecule has 5 nitrogen and oxygen atoms in total. The summed E-state index contributed by atoms with van der Waals surface area (Å²) in [4.78, 5) is 18.5. The Balaban J connectivity index is 1.55. The zero-order valence-electron chi connectivity index (χ0n) is 15.2. The van der Waals surface area contributed by atoms with E-state index in [-0.39, 0.29) is 18.0 Å². The number of para-hydroxylation sites is 1. The highest BCUT2D eigenvalue weighted by Gasteiger charge is 2.46. The number of aromatic nitrogens is 1. The van der Waals surface area contributed by atoms with E-state index in [0.717, 1.165) is 25.9 Å². The van der Waals surface area contributed by atoms with Crippen LogP contribution in [0.5, 0.6) is 0 Å². The number of nitrogens with zero attached hydrogens (tertiary/aromatic N) is 1. The molecule has 1 fully saturated rings. The van der Waals surface area contributed by atoms with Crippen molar-refractivity contribution in [1.29, 1.82) is 0 Å². The summed E-state index contributed by atoms with van der Waals surface area (Å²) >= 11 is 0. The minimum Gasteiger partial charge on any atom is -0.497 e. The Morgan fingerprint density at radius 2 is 2.19 bits per heavy atom. The molecule has 0 radical (unpaired) electrons. The fraction of sp³-hybridized carbons (Fsp3) is 0.476. The van der Waals surface area contributed by atoms with E-state index >= 15 is 0 Å². The zero-order chi connectivity index (χ0) is 17.8. The van der Waals surface area contributed by atoms with E-state index < -0.39 is 0 Å². The van der Waals surface area contributed by atoms with Crippen LogP contribution in [0, 0.1) is 11.8 Å². The number of piperidine rings is 1. The molecule has 2 aromatic rings.